The minimum absolute atomic E-state index is 0.353. The Morgan fingerprint density at radius 1 is 1.10 bits per heavy atom. The third kappa shape index (κ3) is 3.18. The molecule has 4 heteroatoms. The molecule has 1 aliphatic heterocycles. The maximum absolute atomic E-state index is 4.51. The van der Waals surface area contributed by atoms with Crippen LogP contribution in [0.25, 0.3) is 0 Å². The Morgan fingerprint density at radius 3 is 2.43 bits per heavy atom. The van der Waals surface area contributed by atoms with Crippen LogP contribution in [0.15, 0.2) is 30.3 Å². The highest BCUT2D eigenvalue weighted by atomic mass is 32.1. The summed E-state index contributed by atoms with van der Waals surface area (Å²) in [7, 11) is 2.21. The summed E-state index contributed by atoms with van der Waals surface area (Å²) in [6.07, 6.45) is 0. The summed E-state index contributed by atoms with van der Waals surface area (Å²) >= 11 is 1.65. The van der Waals surface area contributed by atoms with Crippen molar-refractivity contribution < 1.29 is 0 Å². The van der Waals surface area contributed by atoms with Crippen LogP contribution >= 0.6 is 11.5 Å². The number of piperazine rings is 1. The smallest absolute Gasteiger partial charge is 0.0715 e. The summed E-state index contributed by atoms with van der Waals surface area (Å²) in [6, 6.07) is 11.4. The van der Waals surface area contributed by atoms with Gasteiger partial charge in [0.05, 0.1) is 11.7 Å². The van der Waals surface area contributed by atoms with E-state index < -0.39 is 0 Å². The minimum Gasteiger partial charge on any atom is -0.304 e. The van der Waals surface area contributed by atoms with E-state index in [2.05, 4.69) is 65.4 Å². The van der Waals surface area contributed by atoms with Gasteiger partial charge in [0.1, 0.15) is 0 Å². The zero-order chi connectivity index (χ0) is 14.8. The molecule has 0 amide bonds. The predicted molar refractivity (Wildman–Crippen MR) is 88.9 cm³/mol. The van der Waals surface area contributed by atoms with E-state index in [4.69, 9.17) is 0 Å². The second-order valence-electron chi connectivity index (χ2n) is 5.97. The Labute approximate surface area is 131 Å². The summed E-state index contributed by atoms with van der Waals surface area (Å²) in [5.41, 5.74) is 3.92. The van der Waals surface area contributed by atoms with Crippen molar-refractivity contribution in [2.24, 2.45) is 0 Å². The summed E-state index contributed by atoms with van der Waals surface area (Å²) < 4.78 is 4.51. The monoisotopic (exact) mass is 301 g/mol. The highest BCUT2D eigenvalue weighted by Gasteiger charge is 2.27. The molecule has 21 heavy (non-hydrogen) atoms. The predicted octanol–water partition coefficient (Wildman–Crippen LogP) is 3.10. The van der Waals surface area contributed by atoms with Gasteiger partial charge in [0.2, 0.25) is 0 Å². The maximum atomic E-state index is 4.51. The number of nitrogens with zero attached hydrogens (tertiary/aromatic N) is 3. The molecule has 3 nitrogen and oxygen atoms in total. The molecule has 1 aromatic heterocycles. The molecule has 0 radical (unpaired) electrons. The van der Waals surface area contributed by atoms with E-state index >= 15 is 0 Å². The number of aromatic nitrogens is 1. The molecular weight excluding hydrogens is 278 g/mol. The van der Waals surface area contributed by atoms with Crippen LogP contribution in [0.5, 0.6) is 0 Å². The van der Waals surface area contributed by atoms with E-state index in [-0.39, 0.29) is 0 Å². The lowest BCUT2D eigenvalue weighted by Gasteiger charge is -2.38. The second-order valence-corrected chi connectivity index (χ2v) is 6.81. The maximum Gasteiger partial charge on any atom is 0.0715 e. The third-order valence-electron chi connectivity index (χ3n) is 4.30. The molecule has 112 valence electrons. The lowest BCUT2D eigenvalue weighted by molar-refractivity contribution is 0.128. The molecule has 0 N–H and O–H groups in total. The van der Waals surface area contributed by atoms with Crippen molar-refractivity contribution >= 4 is 11.5 Å². The van der Waals surface area contributed by atoms with Crippen molar-refractivity contribution in [3.05, 3.63) is 52.0 Å². The molecule has 1 aliphatic rings. The van der Waals surface area contributed by atoms with E-state index in [1.54, 1.807) is 11.5 Å². The number of benzene rings is 1. The first kappa shape index (κ1) is 14.7. The van der Waals surface area contributed by atoms with Gasteiger partial charge in [-0.25, -0.2) is 0 Å². The Kier molecular flexibility index (Phi) is 4.38. The normalized spacial score (nSPS) is 18.8. The molecule has 0 saturated carbocycles. The van der Waals surface area contributed by atoms with Gasteiger partial charge in [-0.3, -0.25) is 4.90 Å². The molecule has 1 fully saturated rings. The fourth-order valence-corrected chi connectivity index (χ4v) is 3.92. The van der Waals surface area contributed by atoms with Crippen LogP contribution in [0.3, 0.4) is 0 Å². The third-order valence-corrected chi connectivity index (χ3v) is 5.23. The van der Waals surface area contributed by atoms with E-state index in [1.165, 1.54) is 16.0 Å². The van der Waals surface area contributed by atoms with Gasteiger partial charge in [-0.2, -0.15) is 4.37 Å². The molecule has 2 aromatic rings. The van der Waals surface area contributed by atoms with Crippen molar-refractivity contribution in [2.45, 2.75) is 19.9 Å². The topological polar surface area (TPSA) is 19.4 Å². The quantitative estimate of drug-likeness (QED) is 0.868. The standard InChI is InChI=1S/C17H23N3S/c1-13-6-4-5-7-15(13)17(16-12-14(2)18-21-16)20-10-8-19(3)9-11-20/h4-7,12,17H,8-11H2,1-3H3. The zero-order valence-corrected chi connectivity index (χ0v) is 13.9. The average molecular weight is 301 g/mol. The Balaban J connectivity index is 1.97. The van der Waals surface area contributed by atoms with Crippen molar-refractivity contribution in [2.75, 3.05) is 33.2 Å². The molecule has 1 unspecified atom stereocenters. The van der Waals surface area contributed by atoms with Crippen LogP contribution in [-0.4, -0.2) is 47.4 Å². The lowest BCUT2D eigenvalue weighted by atomic mass is 9.98. The molecule has 1 atom stereocenters. The highest BCUT2D eigenvalue weighted by molar-refractivity contribution is 7.05. The Morgan fingerprint density at radius 2 is 1.81 bits per heavy atom. The van der Waals surface area contributed by atoms with Gasteiger partial charge in [-0.15, -0.1) is 0 Å². The first-order valence-electron chi connectivity index (χ1n) is 7.56. The van der Waals surface area contributed by atoms with Crippen molar-refractivity contribution in [3.8, 4) is 0 Å². The largest absolute Gasteiger partial charge is 0.304 e. The molecule has 0 aliphatic carbocycles. The number of hydrogen-bond acceptors (Lipinski definition) is 4. The van der Waals surface area contributed by atoms with Crippen molar-refractivity contribution in [3.63, 3.8) is 0 Å². The van der Waals surface area contributed by atoms with Crippen LogP contribution in [0.1, 0.15) is 27.7 Å². The van der Waals surface area contributed by atoms with Gasteiger partial charge in [0.15, 0.2) is 0 Å². The summed E-state index contributed by atoms with van der Waals surface area (Å²) in [6.45, 7) is 8.81. The van der Waals surface area contributed by atoms with Crippen LogP contribution in [0, 0.1) is 13.8 Å². The van der Waals surface area contributed by atoms with Gasteiger partial charge in [-0.1, -0.05) is 24.3 Å². The van der Waals surface area contributed by atoms with Crippen LogP contribution in [-0.2, 0) is 0 Å². The van der Waals surface area contributed by atoms with Crippen LogP contribution in [0.4, 0.5) is 0 Å². The summed E-state index contributed by atoms with van der Waals surface area (Å²) in [5.74, 6) is 0. The minimum atomic E-state index is 0.353. The van der Waals surface area contributed by atoms with Crippen molar-refractivity contribution in [1.29, 1.82) is 0 Å². The number of likely N-dealkylation sites (N-methyl/N-ethyl adjacent to an activating group) is 1. The van der Waals surface area contributed by atoms with E-state index in [0.29, 0.717) is 6.04 Å². The van der Waals surface area contributed by atoms with Gasteiger partial charge in [0, 0.05) is 31.1 Å². The average Bonchev–Trinajstić information content (AvgIpc) is 2.90. The first-order valence-corrected chi connectivity index (χ1v) is 8.34. The second kappa shape index (κ2) is 6.26. The zero-order valence-electron chi connectivity index (χ0n) is 13.0. The fourth-order valence-electron chi connectivity index (χ4n) is 3.02. The van der Waals surface area contributed by atoms with Gasteiger partial charge < -0.3 is 4.90 Å². The van der Waals surface area contributed by atoms with Crippen LogP contribution < -0.4 is 0 Å². The van der Waals surface area contributed by atoms with Crippen LogP contribution in [0.2, 0.25) is 0 Å². The molecule has 1 aromatic carbocycles. The molecule has 0 bridgehead atoms. The number of hydrogen-bond donors (Lipinski definition) is 0. The molecule has 3 rings (SSSR count). The van der Waals surface area contributed by atoms with Crippen molar-refractivity contribution in [1.82, 2.24) is 14.2 Å². The molecular formula is C17H23N3S. The van der Waals surface area contributed by atoms with E-state index in [9.17, 15) is 0 Å². The van der Waals surface area contributed by atoms with Gasteiger partial charge in [0.25, 0.3) is 0 Å². The first-order chi connectivity index (χ1) is 10.1. The summed E-state index contributed by atoms with van der Waals surface area (Å²) in [5, 5.41) is 0. The lowest BCUT2D eigenvalue weighted by Crippen LogP contribution is -2.46. The SMILES string of the molecule is Cc1cc(C(c2ccccc2C)N2CCN(C)CC2)sn1. The number of rotatable bonds is 3. The highest BCUT2D eigenvalue weighted by Crippen LogP contribution is 2.33. The number of aryl methyl sites for hydroxylation is 2. The Hall–Kier alpha value is -1.23. The van der Waals surface area contributed by atoms with E-state index in [0.717, 1.165) is 31.9 Å². The van der Waals surface area contributed by atoms with Gasteiger partial charge >= 0.3 is 0 Å². The molecule has 2 heterocycles. The fraction of sp³-hybridized carbons (Fsp3) is 0.471. The Bertz CT molecular complexity index is 600. The molecule has 1 saturated heterocycles. The molecule has 0 spiro atoms. The summed E-state index contributed by atoms with van der Waals surface area (Å²) in [4.78, 5) is 6.38. The van der Waals surface area contributed by atoms with E-state index in [1.807, 2.05) is 0 Å². The van der Waals surface area contributed by atoms with Gasteiger partial charge in [-0.05, 0) is 49.6 Å².